The zero-order chi connectivity index (χ0) is 18.8. The van der Waals surface area contributed by atoms with Crippen molar-refractivity contribution >= 4 is 23.2 Å². The lowest BCUT2D eigenvalue weighted by Gasteiger charge is -2.18. The number of rotatable bonds is 3. The van der Waals surface area contributed by atoms with E-state index in [2.05, 4.69) is 10.3 Å². The number of aromatic nitrogens is 1. The lowest BCUT2D eigenvalue weighted by molar-refractivity contribution is 0.0987. The number of pyridine rings is 1. The van der Waals surface area contributed by atoms with E-state index in [4.69, 9.17) is 0 Å². The van der Waals surface area contributed by atoms with Gasteiger partial charge >= 0.3 is 0 Å². The number of nitrogens with zero attached hydrogens (tertiary/aromatic N) is 2. The predicted molar refractivity (Wildman–Crippen MR) is 100 cm³/mol. The Balaban J connectivity index is 1.59. The number of hydrogen-bond acceptors (Lipinski definition) is 3. The highest BCUT2D eigenvalue weighted by molar-refractivity contribution is 6.08. The quantitative estimate of drug-likeness (QED) is 0.774. The summed E-state index contributed by atoms with van der Waals surface area (Å²) in [6.07, 6.45) is 3.89. The molecule has 0 spiro atoms. The van der Waals surface area contributed by atoms with E-state index in [0.29, 0.717) is 17.8 Å². The van der Waals surface area contributed by atoms with Crippen molar-refractivity contribution in [1.82, 2.24) is 4.98 Å². The third kappa shape index (κ3) is 3.29. The van der Waals surface area contributed by atoms with Crippen LogP contribution in [-0.2, 0) is 6.42 Å². The fourth-order valence-electron chi connectivity index (χ4n) is 3.16. The van der Waals surface area contributed by atoms with Crippen LogP contribution in [0.5, 0.6) is 0 Å². The van der Waals surface area contributed by atoms with Gasteiger partial charge in [0, 0.05) is 30.3 Å². The molecule has 0 bridgehead atoms. The number of carbonyl (C=O) groups is 2. The van der Waals surface area contributed by atoms with Gasteiger partial charge in [0.1, 0.15) is 5.82 Å². The van der Waals surface area contributed by atoms with Gasteiger partial charge in [-0.25, -0.2) is 4.39 Å². The van der Waals surface area contributed by atoms with E-state index in [1.165, 1.54) is 24.4 Å². The summed E-state index contributed by atoms with van der Waals surface area (Å²) >= 11 is 0. The maximum absolute atomic E-state index is 13.8. The predicted octanol–water partition coefficient (Wildman–Crippen LogP) is 3.68. The van der Waals surface area contributed by atoms with Crippen LogP contribution in [-0.4, -0.2) is 23.3 Å². The number of carbonyl (C=O) groups excluding carboxylic acids is 2. The van der Waals surface area contributed by atoms with Gasteiger partial charge in [-0.15, -0.1) is 0 Å². The molecule has 0 fully saturated rings. The van der Waals surface area contributed by atoms with E-state index in [1.54, 1.807) is 41.4 Å². The lowest BCUT2D eigenvalue weighted by Crippen LogP contribution is -2.29. The third-order valence-corrected chi connectivity index (χ3v) is 4.51. The standard InChI is InChI=1S/C21H16FN3O2/c22-18-6-2-1-5-17(18)20(26)24-16-8-7-14-9-11-25(19(14)12-16)21(27)15-4-3-10-23-13-15/h1-8,10,12-13H,9,11H2,(H,24,26). The molecule has 1 aliphatic heterocycles. The van der Waals surface area contributed by atoms with Gasteiger partial charge in [0.25, 0.3) is 11.8 Å². The van der Waals surface area contributed by atoms with Gasteiger partial charge in [-0.1, -0.05) is 18.2 Å². The zero-order valence-corrected chi connectivity index (χ0v) is 14.4. The van der Waals surface area contributed by atoms with E-state index in [1.807, 2.05) is 6.07 Å². The van der Waals surface area contributed by atoms with Crippen molar-refractivity contribution in [2.75, 3.05) is 16.8 Å². The Labute approximate surface area is 155 Å². The Morgan fingerprint density at radius 3 is 2.70 bits per heavy atom. The van der Waals surface area contributed by atoms with Crippen LogP contribution in [0.2, 0.25) is 0 Å². The van der Waals surface area contributed by atoms with Crippen LogP contribution in [0, 0.1) is 5.82 Å². The second-order valence-electron chi connectivity index (χ2n) is 6.23. The zero-order valence-electron chi connectivity index (χ0n) is 14.4. The first kappa shape index (κ1) is 16.9. The lowest BCUT2D eigenvalue weighted by atomic mass is 10.1. The molecule has 0 aliphatic carbocycles. The van der Waals surface area contributed by atoms with Gasteiger partial charge in [0.2, 0.25) is 0 Å². The smallest absolute Gasteiger partial charge is 0.259 e. The van der Waals surface area contributed by atoms with Crippen LogP contribution in [0.1, 0.15) is 26.3 Å². The summed E-state index contributed by atoms with van der Waals surface area (Å²) in [5.74, 6) is -1.25. The summed E-state index contributed by atoms with van der Waals surface area (Å²) in [6.45, 7) is 0.563. The van der Waals surface area contributed by atoms with Gasteiger partial charge in [0.05, 0.1) is 11.1 Å². The highest BCUT2D eigenvalue weighted by atomic mass is 19.1. The molecule has 2 heterocycles. The van der Waals surface area contributed by atoms with Crippen molar-refractivity contribution in [3.63, 3.8) is 0 Å². The Morgan fingerprint density at radius 1 is 1.07 bits per heavy atom. The minimum atomic E-state index is -0.579. The maximum Gasteiger partial charge on any atom is 0.259 e. The molecule has 0 atom stereocenters. The van der Waals surface area contributed by atoms with Crippen LogP contribution in [0.15, 0.2) is 67.0 Å². The average Bonchev–Trinajstić information content (AvgIpc) is 3.11. The van der Waals surface area contributed by atoms with Gasteiger partial charge in [-0.05, 0) is 48.4 Å². The van der Waals surface area contributed by atoms with Crippen LogP contribution in [0.3, 0.4) is 0 Å². The van der Waals surface area contributed by atoms with Crippen molar-refractivity contribution in [2.24, 2.45) is 0 Å². The molecular formula is C21H16FN3O2. The molecule has 1 aromatic heterocycles. The van der Waals surface area contributed by atoms with E-state index < -0.39 is 11.7 Å². The summed E-state index contributed by atoms with van der Waals surface area (Å²) < 4.78 is 13.8. The van der Waals surface area contributed by atoms with E-state index in [0.717, 1.165) is 17.7 Å². The molecule has 2 aromatic carbocycles. The first-order valence-electron chi connectivity index (χ1n) is 8.54. The molecule has 1 N–H and O–H groups in total. The summed E-state index contributed by atoms with van der Waals surface area (Å²) in [5.41, 5.74) is 2.76. The Bertz CT molecular complexity index is 1020. The number of fused-ring (bicyclic) bond motifs is 1. The summed E-state index contributed by atoms with van der Waals surface area (Å²) in [4.78, 5) is 30.8. The molecule has 0 radical (unpaired) electrons. The number of hydrogen-bond donors (Lipinski definition) is 1. The first-order valence-corrected chi connectivity index (χ1v) is 8.54. The molecule has 2 amide bonds. The Kier molecular flexibility index (Phi) is 4.38. The number of nitrogens with one attached hydrogen (secondary N) is 1. The number of amides is 2. The maximum atomic E-state index is 13.8. The van der Waals surface area contributed by atoms with Crippen molar-refractivity contribution in [3.05, 3.63) is 89.5 Å². The summed E-state index contributed by atoms with van der Waals surface area (Å²) in [6, 6.07) is 14.6. The van der Waals surface area contributed by atoms with Gasteiger partial charge < -0.3 is 10.2 Å². The molecule has 0 saturated heterocycles. The molecule has 0 saturated carbocycles. The molecule has 27 heavy (non-hydrogen) atoms. The summed E-state index contributed by atoms with van der Waals surface area (Å²) in [5, 5.41) is 2.70. The average molecular weight is 361 g/mol. The Morgan fingerprint density at radius 2 is 1.93 bits per heavy atom. The molecular weight excluding hydrogens is 345 g/mol. The molecule has 0 unspecified atom stereocenters. The molecule has 6 heteroatoms. The number of halogens is 1. The van der Waals surface area contributed by atoms with Crippen molar-refractivity contribution in [2.45, 2.75) is 6.42 Å². The van der Waals surface area contributed by atoms with Gasteiger partial charge in [0.15, 0.2) is 0 Å². The number of anilines is 2. The molecule has 4 rings (SSSR count). The van der Waals surface area contributed by atoms with Crippen molar-refractivity contribution in [3.8, 4) is 0 Å². The first-order chi connectivity index (χ1) is 13.1. The monoisotopic (exact) mass is 361 g/mol. The van der Waals surface area contributed by atoms with Crippen molar-refractivity contribution < 1.29 is 14.0 Å². The normalized spacial score (nSPS) is 12.6. The topological polar surface area (TPSA) is 62.3 Å². The molecule has 1 aliphatic rings. The van der Waals surface area contributed by atoms with E-state index >= 15 is 0 Å². The minimum Gasteiger partial charge on any atom is -0.322 e. The second-order valence-corrected chi connectivity index (χ2v) is 6.23. The van der Waals surface area contributed by atoms with Crippen LogP contribution in [0.4, 0.5) is 15.8 Å². The second kappa shape index (κ2) is 6.99. The Hall–Kier alpha value is -3.54. The third-order valence-electron chi connectivity index (χ3n) is 4.51. The highest BCUT2D eigenvalue weighted by Gasteiger charge is 2.26. The largest absolute Gasteiger partial charge is 0.322 e. The van der Waals surface area contributed by atoms with Crippen LogP contribution in [0.25, 0.3) is 0 Å². The summed E-state index contributed by atoms with van der Waals surface area (Å²) in [7, 11) is 0. The fourth-order valence-corrected chi connectivity index (χ4v) is 3.16. The van der Waals surface area contributed by atoms with E-state index in [-0.39, 0.29) is 11.5 Å². The van der Waals surface area contributed by atoms with Gasteiger partial charge in [-0.3, -0.25) is 14.6 Å². The SMILES string of the molecule is O=C(Nc1ccc2c(c1)N(C(=O)c1cccnc1)CC2)c1ccccc1F. The van der Waals surface area contributed by atoms with Gasteiger partial charge in [-0.2, -0.15) is 0 Å². The fraction of sp³-hybridized carbons (Fsp3) is 0.0952. The van der Waals surface area contributed by atoms with Crippen LogP contribution < -0.4 is 10.2 Å². The van der Waals surface area contributed by atoms with Crippen LogP contribution >= 0.6 is 0 Å². The molecule has 3 aromatic rings. The molecule has 5 nitrogen and oxygen atoms in total. The molecule has 134 valence electrons. The van der Waals surface area contributed by atoms with E-state index in [9.17, 15) is 14.0 Å². The minimum absolute atomic E-state index is 0.0266. The van der Waals surface area contributed by atoms with Crippen molar-refractivity contribution in [1.29, 1.82) is 0 Å². The highest BCUT2D eigenvalue weighted by Crippen LogP contribution is 2.32. The number of benzene rings is 2.